The first-order valence-electron chi connectivity index (χ1n) is 5.45. The minimum absolute atomic E-state index is 0.0810. The summed E-state index contributed by atoms with van der Waals surface area (Å²) in [5, 5.41) is 14.3. The van der Waals surface area contributed by atoms with Crippen LogP contribution in [0.5, 0.6) is 0 Å². The van der Waals surface area contributed by atoms with Crippen molar-refractivity contribution in [1.29, 1.82) is 0 Å². The first-order valence-corrected chi connectivity index (χ1v) is 6.24. The highest BCUT2D eigenvalue weighted by Gasteiger charge is 2.09. The van der Waals surface area contributed by atoms with Gasteiger partial charge in [-0.3, -0.25) is 4.79 Å². The molecule has 106 valence electrons. The van der Waals surface area contributed by atoms with Gasteiger partial charge in [0.05, 0.1) is 22.4 Å². The highest BCUT2D eigenvalue weighted by molar-refractivity contribution is 9.10. The lowest BCUT2D eigenvalue weighted by atomic mass is 10.1. The Balaban J connectivity index is 0.000000204. The molecule has 2 rings (SSSR count). The molecule has 0 saturated carbocycles. The summed E-state index contributed by atoms with van der Waals surface area (Å²) in [5.74, 6) is -0.0533. The molecule has 0 radical (unpaired) electrons. The van der Waals surface area contributed by atoms with Crippen LogP contribution in [0.15, 0.2) is 16.9 Å². The molecule has 0 atom stereocenters. The van der Waals surface area contributed by atoms with Gasteiger partial charge in [-0.05, 0) is 40.9 Å². The summed E-state index contributed by atoms with van der Waals surface area (Å²) in [4.78, 5) is 10.7. The van der Waals surface area contributed by atoms with Gasteiger partial charge < -0.3 is 17.2 Å². The molecule has 2 aromatic heterocycles. The Kier molecular flexibility index (Phi) is 5.32. The number of halogens is 1. The van der Waals surface area contributed by atoms with Crippen LogP contribution in [0.25, 0.3) is 0 Å². The fourth-order valence-electron chi connectivity index (χ4n) is 1.30. The topological polar surface area (TPSA) is 147 Å². The summed E-state index contributed by atoms with van der Waals surface area (Å²) >= 11 is 3.25. The van der Waals surface area contributed by atoms with Gasteiger partial charge in [0.1, 0.15) is 0 Å². The van der Waals surface area contributed by atoms with E-state index in [1.165, 1.54) is 6.20 Å². The lowest BCUT2D eigenvalue weighted by Gasteiger charge is -2.01. The quantitative estimate of drug-likeness (QED) is 0.688. The highest BCUT2D eigenvalue weighted by atomic mass is 79.9. The van der Waals surface area contributed by atoms with Crippen molar-refractivity contribution in [2.75, 3.05) is 11.5 Å². The van der Waals surface area contributed by atoms with Crippen LogP contribution >= 0.6 is 15.9 Å². The molecule has 6 N–H and O–H groups in total. The van der Waals surface area contributed by atoms with Crippen LogP contribution in [0.1, 0.15) is 21.5 Å². The fourth-order valence-corrected chi connectivity index (χ4v) is 1.48. The average molecular weight is 340 g/mol. The zero-order valence-electron chi connectivity index (χ0n) is 11.0. The lowest BCUT2D eigenvalue weighted by molar-refractivity contribution is 0.1000. The highest BCUT2D eigenvalue weighted by Crippen LogP contribution is 2.18. The molecule has 0 aromatic carbocycles. The van der Waals surface area contributed by atoms with Crippen molar-refractivity contribution in [2.24, 2.45) is 5.73 Å². The van der Waals surface area contributed by atoms with Crippen molar-refractivity contribution in [2.45, 2.75) is 13.8 Å². The molecule has 0 aliphatic carbocycles. The number of nitrogen functional groups attached to an aromatic ring is 2. The van der Waals surface area contributed by atoms with Crippen LogP contribution in [-0.2, 0) is 0 Å². The summed E-state index contributed by atoms with van der Waals surface area (Å²) in [6.07, 6.45) is 3.09. The van der Waals surface area contributed by atoms with Crippen LogP contribution in [0.4, 0.5) is 11.6 Å². The molecule has 0 fully saturated rings. The summed E-state index contributed by atoms with van der Waals surface area (Å²) in [7, 11) is 0. The standard InChI is InChI=1S/C6H8N4O.C5H6BrN3/c1-3-2-9-10-5(7)4(3)6(8)11;1-3-2-8-9-5(7)4(3)6/h2H,1H3,(H2,7,10)(H2,8,11);2H,1H3,(H2,7,9). The van der Waals surface area contributed by atoms with E-state index in [0.717, 1.165) is 10.0 Å². The van der Waals surface area contributed by atoms with Crippen molar-refractivity contribution in [1.82, 2.24) is 20.4 Å². The van der Waals surface area contributed by atoms with Gasteiger partial charge in [0.25, 0.3) is 5.91 Å². The summed E-state index contributed by atoms with van der Waals surface area (Å²) in [5.41, 5.74) is 17.7. The van der Waals surface area contributed by atoms with Gasteiger partial charge in [-0.15, -0.1) is 10.2 Å². The molecule has 20 heavy (non-hydrogen) atoms. The molecule has 2 heterocycles. The largest absolute Gasteiger partial charge is 0.382 e. The molecule has 9 heteroatoms. The van der Waals surface area contributed by atoms with Crippen LogP contribution in [0, 0.1) is 13.8 Å². The van der Waals surface area contributed by atoms with E-state index in [4.69, 9.17) is 17.2 Å². The van der Waals surface area contributed by atoms with E-state index in [1.54, 1.807) is 13.1 Å². The Morgan fingerprint density at radius 3 is 1.90 bits per heavy atom. The summed E-state index contributed by atoms with van der Waals surface area (Å²) in [6.45, 7) is 3.61. The number of nitrogens with two attached hydrogens (primary N) is 3. The van der Waals surface area contributed by atoms with Crippen molar-refractivity contribution < 1.29 is 4.79 Å². The van der Waals surface area contributed by atoms with E-state index in [-0.39, 0.29) is 11.4 Å². The monoisotopic (exact) mass is 339 g/mol. The fraction of sp³-hybridized carbons (Fsp3) is 0.182. The van der Waals surface area contributed by atoms with E-state index in [9.17, 15) is 4.79 Å². The molecule has 0 saturated heterocycles. The second kappa shape index (κ2) is 6.75. The Morgan fingerprint density at radius 1 is 1.05 bits per heavy atom. The smallest absolute Gasteiger partial charge is 0.252 e. The zero-order valence-corrected chi connectivity index (χ0v) is 12.5. The van der Waals surface area contributed by atoms with Gasteiger partial charge in [0.2, 0.25) is 0 Å². The maximum Gasteiger partial charge on any atom is 0.252 e. The molecule has 0 bridgehead atoms. The summed E-state index contributed by atoms with van der Waals surface area (Å²) in [6, 6.07) is 0. The number of hydrogen-bond acceptors (Lipinski definition) is 7. The van der Waals surface area contributed by atoms with E-state index in [0.29, 0.717) is 11.4 Å². The van der Waals surface area contributed by atoms with Crippen molar-refractivity contribution in [3.8, 4) is 0 Å². The third-order valence-corrected chi connectivity index (χ3v) is 3.33. The molecule has 0 unspecified atom stereocenters. The number of anilines is 2. The third-order valence-electron chi connectivity index (χ3n) is 2.30. The predicted molar refractivity (Wildman–Crippen MR) is 78.6 cm³/mol. The number of aromatic nitrogens is 4. The maximum absolute atomic E-state index is 10.7. The second-order valence-corrected chi connectivity index (χ2v) is 4.67. The molecule has 2 aromatic rings. The third kappa shape index (κ3) is 3.85. The summed E-state index contributed by atoms with van der Waals surface area (Å²) < 4.78 is 0.831. The number of nitrogens with zero attached hydrogens (tertiary/aromatic N) is 4. The number of carbonyl (C=O) groups is 1. The van der Waals surface area contributed by atoms with Crippen molar-refractivity contribution in [3.05, 3.63) is 33.6 Å². The Labute approximate surface area is 123 Å². The van der Waals surface area contributed by atoms with Gasteiger partial charge in [-0.25, -0.2) is 0 Å². The SMILES string of the molecule is Cc1cnnc(N)c1Br.Cc1cnnc(N)c1C(N)=O. The van der Waals surface area contributed by atoms with Crippen LogP contribution in [0.2, 0.25) is 0 Å². The number of amides is 1. The van der Waals surface area contributed by atoms with Gasteiger partial charge in [-0.1, -0.05) is 0 Å². The number of primary amides is 1. The number of rotatable bonds is 1. The lowest BCUT2D eigenvalue weighted by Crippen LogP contribution is -2.16. The molecule has 0 aliphatic heterocycles. The Bertz CT molecular complexity index is 592. The van der Waals surface area contributed by atoms with Gasteiger partial charge in [-0.2, -0.15) is 10.2 Å². The number of carbonyl (C=O) groups excluding carboxylic acids is 1. The van der Waals surface area contributed by atoms with E-state index in [2.05, 4.69) is 36.3 Å². The Morgan fingerprint density at radius 2 is 1.55 bits per heavy atom. The van der Waals surface area contributed by atoms with Crippen LogP contribution in [0.3, 0.4) is 0 Å². The van der Waals surface area contributed by atoms with Crippen molar-refractivity contribution in [3.63, 3.8) is 0 Å². The number of hydrogen-bond donors (Lipinski definition) is 3. The minimum atomic E-state index is -0.574. The van der Waals surface area contributed by atoms with Crippen molar-refractivity contribution >= 4 is 33.5 Å². The Hall–Kier alpha value is -2.29. The second-order valence-electron chi connectivity index (χ2n) is 3.88. The maximum atomic E-state index is 10.7. The van der Waals surface area contributed by atoms with E-state index < -0.39 is 5.91 Å². The van der Waals surface area contributed by atoms with Gasteiger partial charge >= 0.3 is 0 Å². The van der Waals surface area contributed by atoms with Gasteiger partial charge in [0.15, 0.2) is 11.6 Å². The van der Waals surface area contributed by atoms with E-state index >= 15 is 0 Å². The molecular weight excluding hydrogens is 326 g/mol. The normalized spacial score (nSPS) is 9.55. The minimum Gasteiger partial charge on any atom is -0.382 e. The van der Waals surface area contributed by atoms with Crippen LogP contribution < -0.4 is 17.2 Å². The molecule has 0 spiro atoms. The molecule has 8 nitrogen and oxygen atoms in total. The first-order chi connectivity index (χ1) is 9.34. The zero-order chi connectivity index (χ0) is 15.3. The average Bonchev–Trinajstić information content (AvgIpc) is 2.36. The predicted octanol–water partition coefficient (Wildman–Crippen LogP) is 0.596. The molecule has 0 aliphatic rings. The molecule has 1 amide bonds. The van der Waals surface area contributed by atoms with Crippen LogP contribution in [-0.4, -0.2) is 26.3 Å². The van der Waals surface area contributed by atoms with E-state index in [1.807, 2.05) is 6.92 Å². The number of aryl methyl sites for hydroxylation is 2. The van der Waals surface area contributed by atoms with Gasteiger partial charge in [0, 0.05) is 0 Å². The molecular formula is C11H14BrN7O. The first kappa shape index (κ1) is 15.8.